The average molecular weight is 324 g/mol. The minimum Gasteiger partial charge on any atom is -0.550 e. The largest absolute Gasteiger partial charge is 0.550 e. The van der Waals surface area contributed by atoms with Crippen LogP contribution in [0.2, 0.25) is 0 Å². The molecule has 3 rings (SSSR count). The zero-order valence-corrected chi connectivity index (χ0v) is 13.3. The van der Waals surface area contributed by atoms with Gasteiger partial charge in [0, 0.05) is 22.8 Å². The van der Waals surface area contributed by atoms with Crippen LogP contribution in [0, 0.1) is 6.92 Å². The first-order valence-corrected chi connectivity index (χ1v) is 7.93. The Labute approximate surface area is 138 Å². The molecule has 0 bridgehead atoms. The molecule has 5 heteroatoms. The number of aryl methyl sites for hydroxylation is 1. The molecule has 1 aromatic heterocycles. The Morgan fingerprint density at radius 2 is 1.74 bits per heavy atom. The first-order valence-electron chi connectivity index (χ1n) is 7.11. The zero-order chi connectivity index (χ0) is 16.2. The molecule has 0 N–H and O–H groups in total. The molecular weight excluding hydrogens is 310 g/mol. The Morgan fingerprint density at radius 1 is 1.09 bits per heavy atom. The van der Waals surface area contributed by atoms with Gasteiger partial charge in [-0.05, 0) is 43.3 Å². The summed E-state index contributed by atoms with van der Waals surface area (Å²) in [6.07, 6.45) is -0.122. The van der Waals surface area contributed by atoms with Crippen molar-refractivity contribution in [2.24, 2.45) is 0 Å². The summed E-state index contributed by atoms with van der Waals surface area (Å²) in [5, 5.41) is 11.7. The molecule has 0 radical (unpaired) electrons. The third kappa shape index (κ3) is 3.76. The van der Waals surface area contributed by atoms with E-state index in [1.54, 1.807) is 0 Å². The van der Waals surface area contributed by atoms with E-state index in [2.05, 4.69) is 4.98 Å². The lowest BCUT2D eigenvalue weighted by atomic mass is 10.1. The van der Waals surface area contributed by atoms with Crippen LogP contribution in [0.25, 0.3) is 11.3 Å². The Balaban J connectivity index is 1.84. The lowest BCUT2D eigenvalue weighted by Gasteiger charge is -2.07. The lowest BCUT2D eigenvalue weighted by molar-refractivity contribution is -0.304. The summed E-state index contributed by atoms with van der Waals surface area (Å²) in [7, 11) is 0. The maximum absolute atomic E-state index is 10.9. The van der Waals surface area contributed by atoms with Crippen molar-refractivity contribution in [2.75, 3.05) is 0 Å². The summed E-state index contributed by atoms with van der Waals surface area (Å²) in [5.41, 5.74) is 1.56. The molecule has 0 amide bonds. The van der Waals surface area contributed by atoms with Gasteiger partial charge in [-0.1, -0.05) is 18.2 Å². The van der Waals surface area contributed by atoms with Gasteiger partial charge >= 0.3 is 0 Å². The van der Waals surface area contributed by atoms with E-state index in [9.17, 15) is 9.90 Å². The highest BCUT2D eigenvalue weighted by Crippen LogP contribution is 2.30. The number of carbonyl (C=O) groups excluding carboxylic acids is 1. The number of aromatic nitrogens is 1. The molecule has 0 saturated heterocycles. The monoisotopic (exact) mass is 324 g/mol. The maximum Gasteiger partial charge on any atom is 0.127 e. The molecule has 4 nitrogen and oxygen atoms in total. The van der Waals surface area contributed by atoms with Gasteiger partial charge in [-0.25, -0.2) is 4.98 Å². The number of thiazole rings is 1. The predicted octanol–water partition coefficient (Wildman–Crippen LogP) is 3.20. The average Bonchev–Trinajstić information content (AvgIpc) is 2.89. The summed E-state index contributed by atoms with van der Waals surface area (Å²) in [6, 6.07) is 17.0. The predicted molar refractivity (Wildman–Crippen MR) is 87.5 cm³/mol. The fraction of sp³-hybridized carbons (Fsp3) is 0.111. The van der Waals surface area contributed by atoms with Crippen LogP contribution >= 0.6 is 11.3 Å². The molecule has 2 aromatic carbocycles. The molecule has 0 aliphatic heterocycles. The number of aliphatic carboxylic acids is 1. The van der Waals surface area contributed by atoms with Crippen LogP contribution in [0.5, 0.6) is 11.5 Å². The van der Waals surface area contributed by atoms with Gasteiger partial charge < -0.3 is 14.6 Å². The van der Waals surface area contributed by atoms with Crippen LogP contribution < -0.4 is 9.84 Å². The fourth-order valence-corrected chi connectivity index (χ4v) is 3.19. The molecule has 0 atom stereocenters. The number of nitrogens with zero attached hydrogens (tertiary/aromatic N) is 1. The van der Waals surface area contributed by atoms with Gasteiger partial charge in [0.25, 0.3) is 0 Å². The lowest BCUT2D eigenvalue weighted by Crippen LogP contribution is -2.24. The second-order valence-corrected chi connectivity index (χ2v) is 6.28. The molecule has 116 valence electrons. The number of hydrogen-bond acceptors (Lipinski definition) is 5. The highest BCUT2D eigenvalue weighted by atomic mass is 32.1. The zero-order valence-electron chi connectivity index (χ0n) is 12.5. The van der Waals surface area contributed by atoms with E-state index in [0.29, 0.717) is 16.3 Å². The number of ether oxygens (including phenoxy) is 1. The number of carboxylic acid groups (broad SMARTS) is 1. The Morgan fingerprint density at radius 3 is 2.39 bits per heavy atom. The maximum atomic E-state index is 10.9. The first kappa shape index (κ1) is 15.2. The molecule has 0 spiro atoms. The van der Waals surface area contributed by atoms with Crippen molar-refractivity contribution in [1.82, 2.24) is 4.98 Å². The summed E-state index contributed by atoms with van der Waals surface area (Å²) in [4.78, 5) is 16.0. The van der Waals surface area contributed by atoms with Gasteiger partial charge in [-0.2, -0.15) is 0 Å². The van der Waals surface area contributed by atoms with Crippen molar-refractivity contribution in [3.8, 4) is 22.8 Å². The van der Waals surface area contributed by atoms with E-state index < -0.39 is 5.97 Å². The fourth-order valence-electron chi connectivity index (χ4n) is 2.25. The quantitative estimate of drug-likeness (QED) is 0.723. The normalized spacial score (nSPS) is 10.5. The second kappa shape index (κ2) is 6.62. The van der Waals surface area contributed by atoms with Gasteiger partial charge in [-0.15, -0.1) is 11.3 Å². The Kier molecular flexibility index (Phi) is 4.39. The SMILES string of the molecule is Cc1nc(-c2ccc(Oc3ccccc3)cc2)c(CC(=O)[O-])s1. The number of benzene rings is 2. The number of carbonyl (C=O) groups is 1. The highest BCUT2D eigenvalue weighted by molar-refractivity contribution is 7.12. The molecule has 1 heterocycles. The number of para-hydroxylation sites is 1. The smallest absolute Gasteiger partial charge is 0.127 e. The summed E-state index contributed by atoms with van der Waals surface area (Å²) in [6.45, 7) is 1.86. The van der Waals surface area contributed by atoms with Crippen LogP contribution in [0.1, 0.15) is 9.88 Å². The summed E-state index contributed by atoms with van der Waals surface area (Å²) in [5.74, 6) is 0.384. The summed E-state index contributed by atoms with van der Waals surface area (Å²) < 4.78 is 5.75. The van der Waals surface area contributed by atoms with Crippen LogP contribution in [-0.4, -0.2) is 11.0 Å². The number of hydrogen-bond donors (Lipinski definition) is 0. The van der Waals surface area contributed by atoms with Crippen LogP contribution in [-0.2, 0) is 11.2 Å². The third-order valence-corrected chi connectivity index (χ3v) is 4.19. The third-order valence-electron chi connectivity index (χ3n) is 3.22. The minimum absolute atomic E-state index is 0.122. The summed E-state index contributed by atoms with van der Waals surface area (Å²) >= 11 is 1.38. The van der Waals surface area contributed by atoms with Crippen molar-refractivity contribution in [3.63, 3.8) is 0 Å². The molecule has 3 aromatic rings. The Bertz CT molecular complexity index is 810. The standard InChI is InChI=1S/C18H15NO3S/c1-12-19-18(16(23-12)11-17(20)21)13-7-9-15(10-8-13)22-14-5-3-2-4-6-14/h2-10H,11H2,1H3,(H,20,21)/p-1. The van der Waals surface area contributed by atoms with Crippen molar-refractivity contribution < 1.29 is 14.6 Å². The van der Waals surface area contributed by atoms with E-state index in [-0.39, 0.29) is 6.42 Å². The molecule has 0 unspecified atom stereocenters. The van der Waals surface area contributed by atoms with Gasteiger partial charge in [0.1, 0.15) is 11.5 Å². The Hall–Kier alpha value is -2.66. The van der Waals surface area contributed by atoms with Gasteiger partial charge in [0.2, 0.25) is 0 Å². The molecule has 0 saturated carbocycles. The van der Waals surface area contributed by atoms with Crippen LogP contribution in [0.3, 0.4) is 0 Å². The van der Waals surface area contributed by atoms with Crippen molar-refractivity contribution >= 4 is 17.3 Å². The molecule has 0 aliphatic carbocycles. The van der Waals surface area contributed by atoms with Gasteiger partial charge in [0.05, 0.1) is 10.7 Å². The number of rotatable bonds is 5. The van der Waals surface area contributed by atoms with Crippen LogP contribution in [0.15, 0.2) is 54.6 Å². The minimum atomic E-state index is -1.10. The van der Waals surface area contributed by atoms with E-state index in [1.807, 2.05) is 61.5 Å². The van der Waals surface area contributed by atoms with Gasteiger partial charge in [0.15, 0.2) is 0 Å². The van der Waals surface area contributed by atoms with Crippen molar-refractivity contribution in [1.29, 1.82) is 0 Å². The van der Waals surface area contributed by atoms with Crippen LogP contribution in [0.4, 0.5) is 0 Å². The molecule has 23 heavy (non-hydrogen) atoms. The van der Waals surface area contributed by atoms with Crippen molar-refractivity contribution in [2.45, 2.75) is 13.3 Å². The van der Waals surface area contributed by atoms with E-state index in [0.717, 1.165) is 16.3 Å². The van der Waals surface area contributed by atoms with E-state index in [4.69, 9.17) is 4.74 Å². The van der Waals surface area contributed by atoms with Crippen molar-refractivity contribution in [3.05, 3.63) is 64.5 Å². The molecular formula is C18H14NO3S-. The van der Waals surface area contributed by atoms with E-state index in [1.165, 1.54) is 11.3 Å². The second-order valence-electron chi connectivity index (χ2n) is 4.99. The highest BCUT2D eigenvalue weighted by Gasteiger charge is 2.11. The first-order chi connectivity index (χ1) is 11.1. The topological polar surface area (TPSA) is 62.2 Å². The molecule has 0 fully saturated rings. The molecule has 0 aliphatic rings. The number of carboxylic acids is 1. The van der Waals surface area contributed by atoms with E-state index >= 15 is 0 Å². The van der Waals surface area contributed by atoms with Gasteiger partial charge in [-0.3, -0.25) is 0 Å².